The molecule has 1 fully saturated rings. The summed E-state index contributed by atoms with van der Waals surface area (Å²) in [5.41, 5.74) is 0.317. The van der Waals surface area contributed by atoms with Crippen LogP contribution in [0.2, 0.25) is 0 Å². The summed E-state index contributed by atoms with van der Waals surface area (Å²) < 4.78 is 61.4. The zero-order valence-corrected chi connectivity index (χ0v) is 11.7. The van der Waals surface area contributed by atoms with Gasteiger partial charge in [0.25, 0.3) is 0 Å². The lowest BCUT2D eigenvalue weighted by Crippen LogP contribution is -2.45. The van der Waals surface area contributed by atoms with E-state index >= 15 is 0 Å². The van der Waals surface area contributed by atoms with Crippen LogP contribution >= 0.6 is 0 Å². The summed E-state index contributed by atoms with van der Waals surface area (Å²) in [5, 5.41) is 3.13. The van der Waals surface area contributed by atoms with Gasteiger partial charge in [0.2, 0.25) is 6.43 Å². The van der Waals surface area contributed by atoms with Gasteiger partial charge in [-0.3, -0.25) is 4.90 Å². The highest BCUT2D eigenvalue weighted by Gasteiger charge is 2.45. The van der Waals surface area contributed by atoms with Gasteiger partial charge >= 0.3 is 6.29 Å². The minimum atomic E-state index is -3.75. The number of ether oxygens (including phenoxy) is 2. The summed E-state index contributed by atoms with van der Waals surface area (Å²) in [6, 6.07) is 3.71. The quantitative estimate of drug-likeness (QED) is 0.865. The van der Waals surface area contributed by atoms with Crippen molar-refractivity contribution in [2.45, 2.75) is 25.2 Å². The van der Waals surface area contributed by atoms with Gasteiger partial charge in [0.1, 0.15) is 0 Å². The van der Waals surface area contributed by atoms with E-state index in [0.29, 0.717) is 31.7 Å². The van der Waals surface area contributed by atoms with Crippen LogP contribution in [0.25, 0.3) is 0 Å². The standard InChI is InChI=1S/C14H16F4N2O2/c15-12(16)8-10(20-6-4-19-5-7-20)9-2-1-3-11-13(9)22-14(17,18)21-11/h1-3,10,12,19H,4-8H2/t10-/m1/s1. The Hall–Kier alpha value is -1.54. The maximum Gasteiger partial charge on any atom is 0.586 e. The summed E-state index contributed by atoms with van der Waals surface area (Å²) in [7, 11) is 0. The molecule has 1 saturated heterocycles. The summed E-state index contributed by atoms with van der Waals surface area (Å²) in [6.07, 6.45) is -6.73. The van der Waals surface area contributed by atoms with Gasteiger partial charge in [0.05, 0.1) is 0 Å². The van der Waals surface area contributed by atoms with E-state index in [1.54, 1.807) is 6.07 Å². The molecule has 0 bridgehead atoms. The Morgan fingerprint density at radius 1 is 1.18 bits per heavy atom. The Bertz CT molecular complexity index is 536. The lowest BCUT2D eigenvalue weighted by atomic mass is 10.00. The number of hydrogen-bond donors (Lipinski definition) is 1. The zero-order chi connectivity index (χ0) is 15.7. The molecule has 2 heterocycles. The van der Waals surface area contributed by atoms with Gasteiger partial charge < -0.3 is 14.8 Å². The number of nitrogens with one attached hydrogen (secondary N) is 1. The molecule has 1 N–H and O–H groups in total. The molecule has 122 valence electrons. The average Bonchev–Trinajstić information content (AvgIpc) is 2.79. The van der Waals surface area contributed by atoms with E-state index in [0.717, 1.165) is 0 Å². The van der Waals surface area contributed by atoms with Gasteiger partial charge in [-0.1, -0.05) is 12.1 Å². The molecular weight excluding hydrogens is 304 g/mol. The molecule has 0 unspecified atom stereocenters. The monoisotopic (exact) mass is 320 g/mol. The smallest absolute Gasteiger partial charge is 0.395 e. The number of halogens is 4. The maximum absolute atomic E-state index is 13.3. The second-order valence-electron chi connectivity index (χ2n) is 5.27. The van der Waals surface area contributed by atoms with Gasteiger partial charge in [-0.15, -0.1) is 8.78 Å². The van der Waals surface area contributed by atoms with Crippen molar-refractivity contribution >= 4 is 0 Å². The van der Waals surface area contributed by atoms with Crippen LogP contribution < -0.4 is 14.8 Å². The first-order chi connectivity index (χ1) is 10.5. The summed E-state index contributed by atoms with van der Waals surface area (Å²) in [5.74, 6) is -0.256. The van der Waals surface area contributed by atoms with Crippen molar-refractivity contribution in [3.05, 3.63) is 23.8 Å². The molecule has 0 amide bonds. The van der Waals surface area contributed by atoms with Gasteiger partial charge in [0.15, 0.2) is 11.5 Å². The van der Waals surface area contributed by atoms with E-state index in [2.05, 4.69) is 14.8 Å². The van der Waals surface area contributed by atoms with Gasteiger partial charge in [-0.25, -0.2) is 8.78 Å². The minimum absolute atomic E-state index is 0.114. The number of alkyl halides is 4. The molecule has 0 aliphatic carbocycles. The molecule has 0 aromatic heterocycles. The SMILES string of the molecule is FC(F)C[C@H](c1cccc2c1OC(F)(F)O2)N1CCNCC1. The number of nitrogens with zero attached hydrogens (tertiary/aromatic N) is 1. The Morgan fingerprint density at radius 3 is 2.59 bits per heavy atom. The van der Waals surface area contributed by atoms with Crippen LogP contribution in [-0.4, -0.2) is 43.8 Å². The molecule has 1 aromatic carbocycles. The van der Waals surface area contributed by atoms with Crippen molar-refractivity contribution in [3.8, 4) is 11.5 Å². The third-order valence-corrected chi connectivity index (χ3v) is 3.81. The zero-order valence-electron chi connectivity index (χ0n) is 11.7. The van der Waals surface area contributed by atoms with Crippen LogP contribution in [0, 0.1) is 0 Å². The second kappa shape index (κ2) is 5.92. The largest absolute Gasteiger partial charge is 0.586 e. The van der Waals surface area contributed by atoms with Crippen LogP contribution in [0.3, 0.4) is 0 Å². The molecule has 3 rings (SSSR count). The fourth-order valence-electron chi connectivity index (χ4n) is 2.89. The number of hydrogen-bond acceptors (Lipinski definition) is 4. The van der Waals surface area contributed by atoms with Crippen molar-refractivity contribution < 1.29 is 27.0 Å². The van der Waals surface area contributed by atoms with E-state index in [1.165, 1.54) is 12.1 Å². The highest BCUT2D eigenvalue weighted by atomic mass is 19.3. The van der Waals surface area contributed by atoms with E-state index < -0.39 is 25.2 Å². The Balaban J connectivity index is 1.93. The van der Waals surface area contributed by atoms with E-state index in [9.17, 15) is 17.6 Å². The topological polar surface area (TPSA) is 33.7 Å². The number of fused-ring (bicyclic) bond motifs is 1. The van der Waals surface area contributed by atoms with Crippen molar-refractivity contribution in [2.24, 2.45) is 0 Å². The first-order valence-electron chi connectivity index (χ1n) is 7.08. The molecule has 2 aliphatic heterocycles. The molecule has 2 aliphatic rings. The summed E-state index contributed by atoms with van der Waals surface area (Å²) in [4.78, 5) is 1.86. The van der Waals surface area contributed by atoms with E-state index in [-0.39, 0.29) is 11.5 Å². The molecule has 22 heavy (non-hydrogen) atoms. The van der Waals surface area contributed by atoms with Crippen molar-refractivity contribution in [3.63, 3.8) is 0 Å². The van der Waals surface area contributed by atoms with Gasteiger partial charge in [0, 0.05) is 44.2 Å². The summed E-state index contributed by atoms with van der Waals surface area (Å²) in [6.45, 7) is 2.47. The summed E-state index contributed by atoms with van der Waals surface area (Å²) >= 11 is 0. The first-order valence-corrected chi connectivity index (χ1v) is 7.08. The van der Waals surface area contributed by atoms with Crippen molar-refractivity contribution in [1.82, 2.24) is 10.2 Å². The molecule has 1 aromatic rings. The van der Waals surface area contributed by atoms with Crippen molar-refractivity contribution in [1.29, 1.82) is 0 Å². The van der Waals surface area contributed by atoms with Crippen LogP contribution in [0.1, 0.15) is 18.0 Å². The first kappa shape index (κ1) is 15.4. The number of piperazine rings is 1. The lowest BCUT2D eigenvalue weighted by Gasteiger charge is -2.35. The normalized spacial score (nSPS) is 22.0. The fourth-order valence-corrected chi connectivity index (χ4v) is 2.89. The van der Waals surface area contributed by atoms with Gasteiger partial charge in [-0.05, 0) is 6.07 Å². The van der Waals surface area contributed by atoms with Gasteiger partial charge in [-0.2, -0.15) is 0 Å². The molecule has 1 atom stereocenters. The molecule has 0 saturated carbocycles. The minimum Gasteiger partial charge on any atom is -0.395 e. The number of benzene rings is 1. The number of para-hydroxylation sites is 1. The highest BCUT2D eigenvalue weighted by molar-refractivity contribution is 5.50. The maximum atomic E-state index is 13.3. The van der Waals surface area contributed by atoms with Crippen LogP contribution in [-0.2, 0) is 0 Å². The second-order valence-corrected chi connectivity index (χ2v) is 5.27. The van der Waals surface area contributed by atoms with E-state index in [1.807, 2.05) is 4.90 Å². The van der Waals surface area contributed by atoms with Crippen LogP contribution in [0.5, 0.6) is 11.5 Å². The highest BCUT2D eigenvalue weighted by Crippen LogP contribution is 2.47. The van der Waals surface area contributed by atoms with Crippen molar-refractivity contribution in [2.75, 3.05) is 26.2 Å². The van der Waals surface area contributed by atoms with E-state index in [4.69, 9.17) is 0 Å². The Kier molecular flexibility index (Phi) is 4.14. The average molecular weight is 320 g/mol. The third-order valence-electron chi connectivity index (χ3n) is 3.81. The molecular formula is C14H16F4N2O2. The molecule has 4 nitrogen and oxygen atoms in total. The number of rotatable bonds is 4. The molecule has 8 heteroatoms. The molecule has 0 spiro atoms. The van der Waals surface area contributed by atoms with Crippen LogP contribution in [0.4, 0.5) is 17.6 Å². The third kappa shape index (κ3) is 3.12. The predicted molar refractivity (Wildman–Crippen MR) is 70.4 cm³/mol. The lowest BCUT2D eigenvalue weighted by molar-refractivity contribution is -0.287. The molecule has 0 radical (unpaired) electrons. The fraction of sp³-hybridized carbons (Fsp3) is 0.571. The predicted octanol–water partition coefficient (Wildman–Crippen LogP) is 2.61. The Morgan fingerprint density at radius 2 is 1.91 bits per heavy atom. The Labute approximate surface area is 125 Å². The van der Waals surface area contributed by atoms with Crippen LogP contribution in [0.15, 0.2) is 18.2 Å².